The highest BCUT2D eigenvalue weighted by molar-refractivity contribution is 5.95. The van der Waals surface area contributed by atoms with Gasteiger partial charge >= 0.3 is 5.97 Å². The standard InChI is InChI=1S/C23H25N3O5/c1-15(17-7-4-3-5-8-17)26-13-18(11-22(26)29)23(30)31-14-21(28)25-20-10-6-9-19(12-20)24-16(2)27/h3-10,12,15,18H,11,13-14H2,1-2H3,(H,24,27)(H,25,28)/t15-,18-/m0/s1. The van der Waals surface area contributed by atoms with Crippen molar-refractivity contribution in [2.45, 2.75) is 26.3 Å². The van der Waals surface area contributed by atoms with E-state index < -0.39 is 24.4 Å². The predicted molar refractivity (Wildman–Crippen MR) is 115 cm³/mol. The van der Waals surface area contributed by atoms with E-state index in [1.807, 2.05) is 37.3 Å². The number of hydrogen-bond acceptors (Lipinski definition) is 5. The zero-order valence-electron chi connectivity index (χ0n) is 17.5. The first-order valence-corrected chi connectivity index (χ1v) is 10.0. The van der Waals surface area contributed by atoms with Gasteiger partial charge in [0.25, 0.3) is 5.91 Å². The van der Waals surface area contributed by atoms with Crippen LogP contribution in [0.5, 0.6) is 0 Å². The molecule has 0 saturated carbocycles. The Morgan fingerprint density at radius 3 is 2.42 bits per heavy atom. The minimum atomic E-state index is -0.602. The number of rotatable bonds is 7. The number of nitrogens with zero attached hydrogens (tertiary/aromatic N) is 1. The first-order chi connectivity index (χ1) is 14.8. The highest BCUT2D eigenvalue weighted by Gasteiger charge is 2.38. The Labute approximate surface area is 180 Å². The highest BCUT2D eigenvalue weighted by Crippen LogP contribution is 2.29. The van der Waals surface area contributed by atoms with E-state index in [2.05, 4.69) is 10.6 Å². The summed E-state index contributed by atoms with van der Waals surface area (Å²) in [6.07, 6.45) is 0.0659. The molecule has 2 aromatic carbocycles. The van der Waals surface area contributed by atoms with Gasteiger partial charge < -0.3 is 20.3 Å². The van der Waals surface area contributed by atoms with Crippen LogP contribution in [0, 0.1) is 5.92 Å². The molecule has 0 aromatic heterocycles. The van der Waals surface area contributed by atoms with Gasteiger partial charge in [0.2, 0.25) is 11.8 Å². The van der Waals surface area contributed by atoms with Crippen LogP contribution < -0.4 is 10.6 Å². The molecular formula is C23H25N3O5. The average molecular weight is 423 g/mol. The van der Waals surface area contributed by atoms with Crippen LogP contribution in [0.1, 0.15) is 31.9 Å². The molecule has 2 aromatic rings. The first-order valence-electron chi connectivity index (χ1n) is 10.0. The van der Waals surface area contributed by atoms with Gasteiger partial charge in [-0.15, -0.1) is 0 Å². The fraction of sp³-hybridized carbons (Fsp3) is 0.304. The first kappa shape index (κ1) is 22.0. The van der Waals surface area contributed by atoms with Gasteiger partial charge in [-0.05, 0) is 30.7 Å². The third-order valence-electron chi connectivity index (χ3n) is 5.05. The Bertz CT molecular complexity index is 976. The van der Waals surface area contributed by atoms with Crippen LogP contribution >= 0.6 is 0 Å². The van der Waals surface area contributed by atoms with Gasteiger partial charge in [-0.25, -0.2) is 0 Å². The zero-order valence-corrected chi connectivity index (χ0v) is 17.5. The Morgan fingerprint density at radius 2 is 1.74 bits per heavy atom. The van der Waals surface area contributed by atoms with Gasteiger partial charge in [0.15, 0.2) is 6.61 Å². The summed E-state index contributed by atoms with van der Waals surface area (Å²) < 4.78 is 5.14. The fourth-order valence-electron chi connectivity index (χ4n) is 3.50. The van der Waals surface area contributed by atoms with Crippen LogP contribution in [-0.2, 0) is 23.9 Å². The molecule has 3 rings (SSSR count). The highest BCUT2D eigenvalue weighted by atomic mass is 16.5. The third-order valence-corrected chi connectivity index (χ3v) is 5.05. The molecule has 0 unspecified atom stereocenters. The maximum Gasteiger partial charge on any atom is 0.311 e. The van der Waals surface area contributed by atoms with Gasteiger partial charge in [-0.2, -0.15) is 0 Å². The molecule has 1 heterocycles. The number of anilines is 2. The van der Waals surface area contributed by atoms with E-state index in [-0.39, 0.29) is 30.8 Å². The van der Waals surface area contributed by atoms with Crippen LogP contribution in [0.3, 0.4) is 0 Å². The number of carbonyl (C=O) groups excluding carboxylic acids is 4. The van der Waals surface area contributed by atoms with Crippen molar-refractivity contribution in [1.29, 1.82) is 0 Å². The lowest BCUT2D eigenvalue weighted by atomic mass is 10.1. The summed E-state index contributed by atoms with van der Waals surface area (Å²) in [6.45, 7) is 3.11. The second kappa shape index (κ2) is 9.88. The summed E-state index contributed by atoms with van der Waals surface area (Å²) in [5.74, 6) is -2.02. The Hall–Kier alpha value is -3.68. The zero-order chi connectivity index (χ0) is 22.4. The Morgan fingerprint density at radius 1 is 1.06 bits per heavy atom. The Kier molecular flexibility index (Phi) is 7.02. The molecule has 1 saturated heterocycles. The van der Waals surface area contributed by atoms with Crippen LogP contribution in [0.2, 0.25) is 0 Å². The van der Waals surface area contributed by atoms with Crippen molar-refractivity contribution in [2.24, 2.45) is 5.92 Å². The van der Waals surface area contributed by atoms with Crippen LogP contribution in [0.15, 0.2) is 54.6 Å². The predicted octanol–water partition coefficient (Wildman–Crippen LogP) is 2.74. The molecular weight excluding hydrogens is 398 g/mol. The van der Waals surface area contributed by atoms with E-state index in [9.17, 15) is 19.2 Å². The number of nitrogens with one attached hydrogen (secondary N) is 2. The summed E-state index contributed by atoms with van der Waals surface area (Å²) in [5, 5.41) is 5.24. The minimum Gasteiger partial charge on any atom is -0.455 e. The summed E-state index contributed by atoms with van der Waals surface area (Å²) >= 11 is 0. The number of likely N-dealkylation sites (tertiary alicyclic amines) is 1. The normalized spacial score (nSPS) is 16.5. The SMILES string of the molecule is CC(=O)Nc1cccc(NC(=O)COC(=O)[C@H]2CC(=O)N([C@@H](C)c3ccccc3)C2)c1. The minimum absolute atomic E-state index is 0.0659. The maximum absolute atomic E-state index is 12.4. The van der Waals surface area contributed by atoms with E-state index in [0.29, 0.717) is 11.4 Å². The fourth-order valence-corrected chi connectivity index (χ4v) is 3.50. The van der Waals surface area contributed by atoms with Gasteiger partial charge in [-0.3, -0.25) is 19.2 Å². The summed E-state index contributed by atoms with van der Waals surface area (Å²) in [7, 11) is 0. The second-order valence-electron chi connectivity index (χ2n) is 7.45. The van der Waals surface area contributed by atoms with Crippen molar-refractivity contribution in [3.63, 3.8) is 0 Å². The molecule has 0 bridgehead atoms. The van der Waals surface area contributed by atoms with Crippen molar-refractivity contribution in [2.75, 3.05) is 23.8 Å². The summed E-state index contributed by atoms with van der Waals surface area (Å²) in [4.78, 5) is 49.7. The van der Waals surface area contributed by atoms with Crippen LogP contribution in [0.25, 0.3) is 0 Å². The summed E-state index contributed by atoms with van der Waals surface area (Å²) in [6, 6.07) is 16.1. The lowest BCUT2D eigenvalue weighted by Gasteiger charge is -2.25. The molecule has 0 radical (unpaired) electrons. The largest absolute Gasteiger partial charge is 0.455 e. The van der Waals surface area contributed by atoms with Crippen molar-refractivity contribution < 1.29 is 23.9 Å². The van der Waals surface area contributed by atoms with Crippen molar-refractivity contribution in [3.8, 4) is 0 Å². The van der Waals surface area contributed by atoms with E-state index >= 15 is 0 Å². The van der Waals surface area contributed by atoms with E-state index in [0.717, 1.165) is 5.56 Å². The number of hydrogen-bond donors (Lipinski definition) is 2. The van der Waals surface area contributed by atoms with E-state index in [4.69, 9.17) is 4.74 Å². The maximum atomic E-state index is 12.4. The van der Waals surface area contributed by atoms with Gasteiger partial charge in [0.1, 0.15) is 0 Å². The van der Waals surface area contributed by atoms with Crippen molar-refractivity contribution >= 4 is 35.1 Å². The second-order valence-corrected chi connectivity index (χ2v) is 7.45. The molecule has 0 aliphatic carbocycles. The molecule has 1 aliphatic rings. The van der Waals surface area contributed by atoms with Gasteiger partial charge in [-0.1, -0.05) is 36.4 Å². The molecule has 3 amide bonds. The monoisotopic (exact) mass is 423 g/mol. The molecule has 8 nitrogen and oxygen atoms in total. The Balaban J connectivity index is 1.50. The van der Waals surface area contributed by atoms with Crippen LogP contribution in [-0.4, -0.2) is 41.7 Å². The smallest absolute Gasteiger partial charge is 0.311 e. The molecule has 2 N–H and O–H groups in total. The third kappa shape index (κ3) is 5.91. The molecule has 8 heteroatoms. The molecule has 31 heavy (non-hydrogen) atoms. The topological polar surface area (TPSA) is 105 Å². The molecule has 1 aliphatic heterocycles. The lowest BCUT2D eigenvalue weighted by molar-refractivity contribution is -0.151. The number of carbonyl (C=O) groups is 4. The van der Waals surface area contributed by atoms with Crippen LogP contribution in [0.4, 0.5) is 11.4 Å². The lowest BCUT2D eigenvalue weighted by Crippen LogP contribution is -2.30. The number of amides is 3. The average Bonchev–Trinajstić information content (AvgIpc) is 3.13. The quantitative estimate of drug-likeness (QED) is 0.667. The number of esters is 1. The van der Waals surface area contributed by atoms with Gasteiger partial charge in [0.05, 0.1) is 12.0 Å². The molecule has 162 valence electrons. The number of benzene rings is 2. The van der Waals surface area contributed by atoms with Crippen molar-refractivity contribution in [3.05, 3.63) is 60.2 Å². The molecule has 1 fully saturated rings. The van der Waals surface area contributed by atoms with E-state index in [1.165, 1.54) is 6.92 Å². The van der Waals surface area contributed by atoms with E-state index in [1.54, 1.807) is 29.2 Å². The van der Waals surface area contributed by atoms with Gasteiger partial charge in [0, 0.05) is 31.3 Å². The number of ether oxygens (including phenoxy) is 1. The molecule has 0 spiro atoms. The molecule has 2 atom stereocenters. The van der Waals surface area contributed by atoms with Crippen molar-refractivity contribution in [1.82, 2.24) is 4.90 Å². The summed E-state index contributed by atoms with van der Waals surface area (Å²) in [5.41, 5.74) is 2.00.